The molecule has 2 amide bonds. The number of quaternary nitrogens is 1. The predicted molar refractivity (Wildman–Crippen MR) is 111 cm³/mol. The molecular formula is C21H27FN3O3S+. The largest absolute Gasteiger partial charge is 0.494 e. The van der Waals surface area contributed by atoms with Gasteiger partial charge >= 0.3 is 0 Å². The Morgan fingerprint density at radius 2 is 2.07 bits per heavy atom. The smallest absolute Gasteiger partial charge is 0.280 e. The van der Waals surface area contributed by atoms with E-state index in [9.17, 15) is 14.0 Å². The predicted octanol–water partition coefficient (Wildman–Crippen LogP) is 1.92. The van der Waals surface area contributed by atoms with Gasteiger partial charge in [0.2, 0.25) is 0 Å². The van der Waals surface area contributed by atoms with Crippen molar-refractivity contribution in [2.75, 3.05) is 25.5 Å². The monoisotopic (exact) mass is 420 g/mol. The van der Waals surface area contributed by atoms with Crippen LogP contribution >= 0.6 is 11.3 Å². The number of ether oxygens (including phenoxy) is 1. The molecule has 6 nitrogen and oxygen atoms in total. The number of anilines is 1. The second kappa shape index (κ2) is 9.37. The van der Waals surface area contributed by atoms with Gasteiger partial charge in [-0.3, -0.25) is 9.59 Å². The van der Waals surface area contributed by atoms with Crippen LogP contribution in [0, 0.1) is 5.82 Å². The highest BCUT2D eigenvalue weighted by atomic mass is 32.1. The third-order valence-corrected chi connectivity index (χ3v) is 6.46. The van der Waals surface area contributed by atoms with Crippen molar-refractivity contribution in [3.8, 4) is 5.75 Å². The van der Waals surface area contributed by atoms with Gasteiger partial charge in [0, 0.05) is 10.4 Å². The van der Waals surface area contributed by atoms with Crippen molar-refractivity contribution in [3.05, 3.63) is 45.6 Å². The number of thiophene rings is 1. The van der Waals surface area contributed by atoms with Gasteiger partial charge in [0.15, 0.2) is 18.1 Å². The quantitative estimate of drug-likeness (QED) is 0.610. The van der Waals surface area contributed by atoms with Gasteiger partial charge in [-0.25, -0.2) is 4.39 Å². The first-order valence-electron chi connectivity index (χ1n) is 9.83. The molecule has 1 atom stereocenters. The number of amides is 2. The molecule has 2 aromatic rings. The van der Waals surface area contributed by atoms with Gasteiger partial charge < -0.3 is 20.7 Å². The molecule has 0 spiro atoms. The Labute approximate surface area is 173 Å². The van der Waals surface area contributed by atoms with Crippen molar-refractivity contribution in [1.29, 1.82) is 0 Å². The van der Waals surface area contributed by atoms with Crippen molar-refractivity contribution in [2.45, 2.75) is 39.2 Å². The molecule has 156 valence electrons. The van der Waals surface area contributed by atoms with Crippen molar-refractivity contribution >= 4 is 28.2 Å². The number of halogens is 1. The zero-order valence-corrected chi connectivity index (χ0v) is 17.6. The lowest BCUT2D eigenvalue weighted by atomic mass is 9.95. The van der Waals surface area contributed by atoms with E-state index in [1.165, 1.54) is 24.5 Å². The number of fused-ring (bicyclic) bond motifs is 1. The van der Waals surface area contributed by atoms with Crippen LogP contribution in [0.25, 0.3) is 0 Å². The molecule has 1 unspecified atom stereocenters. The number of hydrogen-bond donors (Lipinski definition) is 3. The fraction of sp³-hybridized carbons (Fsp3) is 0.429. The topological polar surface area (TPSA) is 85.9 Å². The summed E-state index contributed by atoms with van der Waals surface area (Å²) in [7, 11) is 1.43. The molecule has 4 N–H and O–H groups in total. The summed E-state index contributed by atoms with van der Waals surface area (Å²) in [5.74, 6) is -0.893. The van der Waals surface area contributed by atoms with E-state index >= 15 is 0 Å². The van der Waals surface area contributed by atoms with Crippen LogP contribution in [0.2, 0.25) is 0 Å². The summed E-state index contributed by atoms with van der Waals surface area (Å²) >= 11 is 1.46. The molecular weight excluding hydrogens is 393 g/mol. The maximum Gasteiger partial charge on any atom is 0.280 e. The molecule has 0 saturated carbocycles. The molecule has 0 bridgehead atoms. The molecule has 1 aromatic heterocycles. The van der Waals surface area contributed by atoms with E-state index in [4.69, 9.17) is 10.5 Å². The van der Waals surface area contributed by atoms with Gasteiger partial charge in [-0.2, -0.15) is 0 Å². The van der Waals surface area contributed by atoms with Crippen LogP contribution in [0.15, 0.2) is 18.2 Å². The summed E-state index contributed by atoms with van der Waals surface area (Å²) in [6.07, 6.45) is 3.87. The SMILES string of the molecule is CC[NH+](CC(=O)Nc1sc2c(c1C(N)=O)CCCC2)Cc1ccc(OC)c(F)c1. The van der Waals surface area contributed by atoms with E-state index < -0.39 is 11.7 Å². The minimum atomic E-state index is -0.492. The molecule has 3 rings (SSSR count). The zero-order chi connectivity index (χ0) is 21.0. The molecule has 1 aliphatic carbocycles. The van der Waals surface area contributed by atoms with Crippen LogP contribution in [-0.4, -0.2) is 32.0 Å². The molecule has 1 aliphatic rings. The van der Waals surface area contributed by atoms with E-state index in [2.05, 4.69) is 5.32 Å². The number of nitrogens with two attached hydrogens (primary N) is 1. The minimum Gasteiger partial charge on any atom is -0.494 e. The first-order chi connectivity index (χ1) is 13.9. The average molecular weight is 421 g/mol. The van der Waals surface area contributed by atoms with Gasteiger partial charge in [0.05, 0.1) is 19.2 Å². The van der Waals surface area contributed by atoms with Gasteiger partial charge in [0.25, 0.3) is 11.8 Å². The van der Waals surface area contributed by atoms with Crippen molar-refractivity contribution in [1.82, 2.24) is 0 Å². The molecule has 0 radical (unpaired) electrons. The summed E-state index contributed by atoms with van der Waals surface area (Å²) in [6, 6.07) is 4.83. The number of benzene rings is 1. The Morgan fingerprint density at radius 3 is 2.72 bits per heavy atom. The Balaban J connectivity index is 1.68. The molecule has 29 heavy (non-hydrogen) atoms. The molecule has 0 saturated heterocycles. The normalized spacial score (nSPS) is 14.2. The second-order valence-corrected chi connectivity index (χ2v) is 8.36. The summed E-state index contributed by atoms with van der Waals surface area (Å²) in [6.45, 7) is 3.39. The fourth-order valence-electron chi connectivity index (χ4n) is 3.73. The van der Waals surface area contributed by atoms with Gasteiger partial charge in [0.1, 0.15) is 11.5 Å². The maximum atomic E-state index is 13.9. The van der Waals surface area contributed by atoms with E-state index in [0.717, 1.165) is 46.6 Å². The summed E-state index contributed by atoms with van der Waals surface area (Å²) in [4.78, 5) is 26.7. The molecule has 1 aromatic carbocycles. The number of methoxy groups -OCH3 is 1. The van der Waals surface area contributed by atoms with Crippen LogP contribution in [0.5, 0.6) is 5.75 Å². The van der Waals surface area contributed by atoms with Gasteiger partial charge in [-0.1, -0.05) is 0 Å². The highest BCUT2D eigenvalue weighted by Gasteiger charge is 2.25. The lowest BCUT2D eigenvalue weighted by Crippen LogP contribution is -3.11. The second-order valence-electron chi connectivity index (χ2n) is 7.25. The van der Waals surface area contributed by atoms with E-state index in [1.54, 1.807) is 12.1 Å². The number of nitrogens with one attached hydrogen (secondary N) is 2. The fourth-order valence-corrected chi connectivity index (χ4v) is 5.04. The van der Waals surface area contributed by atoms with E-state index in [0.29, 0.717) is 23.7 Å². The number of aryl methyl sites for hydroxylation is 1. The number of carbonyl (C=O) groups is 2. The van der Waals surface area contributed by atoms with Crippen LogP contribution in [0.4, 0.5) is 9.39 Å². The molecule has 0 fully saturated rings. The van der Waals surface area contributed by atoms with Gasteiger partial charge in [-0.05, 0) is 56.4 Å². The lowest BCUT2D eigenvalue weighted by molar-refractivity contribution is -0.903. The number of carbonyl (C=O) groups excluding carboxylic acids is 2. The van der Waals surface area contributed by atoms with Crippen molar-refractivity contribution < 1.29 is 23.6 Å². The Morgan fingerprint density at radius 1 is 1.31 bits per heavy atom. The Kier molecular flexibility index (Phi) is 6.87. The first kappa shape index (κ1) is 21.3. The van der Waals surface area contributed by atoms with Crippen molar-refractivity contribution in [3.63, 3.8) is 0 Å². The molecule has 1 heterocycles. The number of rotatable bonds is 8. The van der Waals surface area contributed by atoms with Crippen LogP contribution in [-0.2, 0) is 24.2 Å². The summed E-state index contributed by atoms with van der Waals surface area (Å²) in [5.41, 5.74) is 7.84. The van der Waals surface area contributed by atoms with Gasteiger partial charge in [-0.15, -0.1) is 11.3 Å². The number of likely N-dealkylation sites (N-methyl/N-ethyl adjacent to an activating group) is 1. The van der Waals surface area contributed by atoms with Crippen LogP contribution in [0.3, 0.4) is 0 Å². The first-order valence-corrected chi connectivity index (χ1v) is 10.6. The highest BCUT2D eigenvalue weighted by molar-refractivity contribution is 7.17. The number of primary amides is 1. The van der Waals surface area contributed by atoms with Crippen LogP contribution in [0.1, 0.15) is 46.1 Å². The minimum absolute atomic E-state index is 0.183. The number of hydrogen-bond acceptors (Lipinski definition) is 4. The Bertz CT molecular complexity index is 913. The van der Waals surface area contributed by atoms with Crippen LogP contribution < -0.4 is 20.7 Å². The van der Waals surface area contributed by atoms with E-state index in [-0.39, 0.29) is 18.2 Å². The highest BCUT2D eigenvalue weighted by Crippen LogP contribution is 2.37. The standard InChI is InChI=1S/C21H26FN3O3S/c1-3-25(11-13-8-9-16(28-2)15(22)10-13)12-18(26)24-21-19(20(23)27)14-6-4-5-7-17(14)29-21/h8-10H,3-7,11-12H2,1-2H3,(H2,23,27)(H,24,26)/p+1. The molecule has 8 heteroatoms. The van der Waals surface area contributed by atoms with E-state index in [1.807, 2.05) is 6.92 Å². The van der Waals surface area contributed by atoms with Crippen molar-refractivity contribution in [2.24, 2.45) is 5.73 Å². The third-order valence-electron chi connectivity index (χ3n) is 5.25. The summed E-state index contributed by atoms with van der Waals surface area (Å²) < 4.78 is 18.9. The average Bonchev–Trinajstić information content (AvgIpc) is 3.05. The third kappa shape index (κ3) is 4.94. The maximum absolute atomic E-state index is 13.9. The molecule has 0 aliphatic heterocycles. The lowest BCUT2D eigenvalue weighted by Gasteiger charge is -2.17. The summed E-state index contributed by atoms with van der Waals surface area (Å²) in [5, 5.41) is 3.45. The zero-order valence-electron chi connectivity index (χ0n) is 16.8. The Hall–Kier alpha value is -2.45.